The third kappa shape index (κ3) is 4.19. The molecular formula is C27H26N4O. The highest BCUT2D eigenvalue weighted by molar-refractivity contribution is 5.94. The molecule has 5 rings (SSSR count). The van der Waals surface area contributed by atoms with E-state index in [1.165, 1.54) is 5.56 Å². The summed E-state index contributed by atoms with van der Waals surface area (Å²) in [4.78, 5) is 24.8. The van der Waals surface area contributed by atoms with Crippen LogP contribution in [0.25, 0.3) is 22.2 Å². The largest absolute Gasteiger partial charge is 0.341 e. The minimum atomic E-state index is 0.00292. The van der Waals surface area contributed by atoms with Crippen molar-refractivity contribution in [1.29, 1.82) is 0 Å². The van der Waals surface area contributed by atoms with Crippen molar-refractivity contribution in [3.05, 3.63) is 84.4 Å². The van der Waals surface area contributed by atoms with Gasteiger partial charge in [0.05, 0.1) is 11.2 Å². The molecule has 0 radical (unpaired) electrons. The molecule has 1 aromatic heterocycles. The highest BCUT2D eigenvalue weighted by atomic mass is 16.1. The molecule has 32 heavy (non-hydrogen) atoms. The number of aromatic nitrogens is 2. The SMILES string of the molecule is Cc1ccc2nc(N3CCC(C(=O)Nc4ccccc4)CC3)nc(-c3ccccc3)c2c1. The highest BCUT2D eigenvalue weighted by Gasteiger charge is 2.27. The first kappa shape index (κ1) is 20.2. The van der Waals surface area contributed by atoms with Gasteiger partial charge in [-0.25, -0.2) is 9.97 Å². The second-order valence-corrected chi connectivity index (χ2v) is 8.38. The van der Waals surface area contributed by atoms with Crippen molar-refractivity contribution < 1.29 is 4.79 Å². The summed E-state index contributed by atoms with van der Waals surface area (Å²) < 4.78 is 0. The normalized spacial score (nSPS) is 14.5. The average molecular weight is 423 g/mol. The number of aryl methyl sites for hydroxylation is 1. The van der Waals surface area contributed by atoms with Crippen LogP contribution in [0.3, 0.4) is 0 Å². The van der Waals surface area contributed by atoms with Gasteiger partial charge in [0.2, 0.25) is 11.9 Å². The number of hydrogen-bond acceptors (Lipinski definition) is 4. The van der Waals surface area contributed by atoms with E-state index in [1.807, 2.05) is 48.5 Å². The summed E-state index contributed by atoms with van der Waals surface area (Å²) in [5, 5.41) is 4.10. The molecule has 1 amide bonds. The molecule has 1 aliphatic rings. The summed E-state index contributed by atoms with van der Waals surface area (Å²) in [6, 6.07) is 26.2. The Hall–Kier alpha value is -3.73. The molecule has 1 fully saturated rings. The summed E-state index contributed by atoms with van der Waals surface area (Å²) in [5.41, 5.74) is 5.03. The summed E-state index contributed by atoms with van der Waals surface area (Å²) >= 11 is 0. The second-order valence-electron chi connectivity index (χ2n) is 8.38. The van der Waals surface area contributed by atoms with E-state index in [-0.39, 0.29) is 11.8 Å². The second kappa shape index (κ2) is 8.79. The van der Waals surface area contributed by atoms with Crippen LogP contribution in [0.4, 0.5) is 11.6 Å². The molecule has 1 aliphatic heterocycles. The Kier molecular flexibility index (Phi) is 5.55. The van der Waals surface area contributed by atoms with E-state index in [2.05, 4.69) is 47.5 Å². The van der Waals surface area contributed by atoms with Crippen molar-refractivity contribution >= 4 is 28.4 Å². The number of anilines is 2. The van der Waals surface area contributed by atoms with E-state index in [0.717, 1.165) is 59.7 Å². The molecule has 0 unspecified atom stereocenters. The smallest absolute Gasteiger partial charge is 0.227 e. The van der Waals surface area contributed by atoms with Crippen LogP contribution >= 0.6 is 0 Å². The van der Waals surface area contributed by atoms with Crippen LogP contribution in [-0.4, -0.2) is 29.0 Å². The molecular weight excluding hydrogens is 396 g/mol. The quantitative estimate of drug-likeness (QED) is 0.474. The van der Waals surface area contributed by atoms with E-state index in [4.69, 9.17) is 9.97 Å². The molecule has 5 nitrogen and oxygen atoms in total. The Morgan fingerprint density at radius 2 is 1.59 bits per heavy atom. The van der Waals surface area contributed by atoms with Gasteiger partial charge in [-0.1, -0.05) is 60.2 Å². The number of piperidine rings is 1. The van der Waals surface area contributed by atoms with Crippen molar-refractivity contribution in [2.24, 2.45) is 5.92 Å². The van der Waals surface area contributed by atoms with E-state index in [1.54, 1.807) is 0 Å². The van der Waals surface area contributed by atoms with Crippen molar-refractivity contribution in [1.82, 2.24) is 9.97 Å². The van der Waals surface area contributed by atoms with E-state index >= 15 is 0 Å². The number of nitrogens with zero attached hydrogens (tertiary/aromatic N) is 3. The number of fused-ring (bicyclic) bond motifs is 1. The predicted molar refractivity (Wildman–Crippen MR) is 130 cm³/mol. The zero-order valence-corrected chi connectivity index (χ0v) is 18.2. The summed E-state index contributed by atoms with van der Waals surface area (Å²) in [7, 11) is 0. The lowest BCUT2D eigenvalue weighted by Crippen LogP contribution is -2.39. The molecule has 1 saturated heterocycles. The maximum atomic E-state index is 12.7. The zero-order valence-electron chi connectivity index (χ0n) is 18.2. The summed E-state index contributed by atoms with van der Waals surface area (Å²) in [6.07, 6.45) is 1.57. The monoisotopic (exact) mass is 422 g/mol. The maximum absolute atomic E-state index is 12.7. The van der Waals surface area contributed by atoms with Gasteiger partial charge in [0, 0.05) is 35.6 Å². The first-order valence-electron chi connectivity index (χ1n) is 11.1. The minimum absolute atomic E-state index is 0.00292. The molecule has 0 spiro atoms. The van der Waals surface area contributed by atoms with Gasteiger partial charge in [0.15, 0.2) is 0 Å². The number of carbonyl (C=O) groups is 1. The van der Waals surface area contributed by atoms with Crippen LogP contribution in [0, 0.1) is 12.8 Å². The first-order chi connectivity index (χ1) is 15.7. The number of amides is 1. The Bertz CT molecular complexity index is 1230. The maximum Gasteiger partial charge on any atom is 0.227 e. The van der Waals surface area contributed by atoms with Gasteiger partial charge in [0.25, 0.3) is 0 Å². The van der Waals surface area contributed by atoms with E-state index in [9.17, 15) is 4.79 Å². The molecule has 0 bridgehead atoms. The molecule has 1 N–H and O–H groups in total. The standard InChI is InChI=1S/C27H26N4O/c1-19-12-13-24-23(18-19)25(20-8-4-2-5-9-20)30-27(29-24)31-16-14-21(15-17-31)26(32)28-22-10-6-3-7-11-22/h2-13,18,21H,14-17H2,1H3,(H,28,32). The Morgan fingerprint density at radius 3 is 2.31 bits per heavy atom. The number of para-hydroxylation sites is 1. The Balaban J connectivity index is 1.38. The van der Waals surface area contributed by atoms with Crippen molar-refractivity contribution in [2.75, 3.05) is 23.3 Å². The van der Waals surface area contributed by atoms with Gasteiger partial charge in [0.1, 0.15) is 0 Å². The molecule has 5 heteroatoms. The molecule has 0 atom stereocenters. The van der Waals surface area contributed by atoms with Crippen molar-refractivity contribution in [2.45, 2.75) is 19.8 Å². The van der Waals surface area contributed by atoms with Gasteiger partial charge in [-0.2, -0.15) is 0 Å². The van der Waals surface area contributed by atoms with Crippen molar-refractivity contribution in [3.8, 4) is 11.3 Å². The Labute approximate surface area is 188 Å². The predicted octanol–water partition coefficient (Wildman–Crippen LogP) is 5.46. The minimum Gasteiger partial charge on any atom is -0.341 e. The molecule has 4 aromatic rings. The lowest BCUT2D eigenvalue weighted by atomic mass is 9.96. The third-order valence-electron chi connectivity index (χ3n) is 6.08. The molecule has 0 aliphatic carbocycles. The first-order valence-corrected chi connectivity index (χ1v) is 11.1. The van der Waals surface area contributed by atoms with Gasteiger partial charge in [-0.05, 0) is 44.0 Å². The fourth-order valence-corrected chi connectivity index (χ4v) is 4.29. The molecule has 2 heterocycles. The topological polar surface area (TPSA) is 58.1 Å². The number of benzene rings is 3. The zero-order chi connectivity index (χ0) is 21.9. The van der Waals surface area contributed by atoms with Crippen LogP contribution < -0.4 is 10.2 Å². The lowest BCUT2D eigenvalue weighted by molar-refractivity contribution is -0.120. The summed E-state index contributed by atoms with van der Waals surface area (Å²) in [5.74, 6) is 0.834. The molecule has 3 aromatic carbocycles. The number of hydrogen-bond donors (Lipinski definition) is 1. The highest BCUT2D eigenvalue weighted by Crippen LogP contribution is 2.30. The van der Waals surface area contributed by atoms with Gasteiger partial charge in [-0.15, -0.1) is 0 Å². The van der Waals surface area contributed by atoms with Gasteiger partial charge < -0.3 is 10.2 Å². The lowest BCUT2D eigenvalue weighted by Gasteiger charge is -2.31. The van der Waals surface area contributed by atoms with Crippen LogP contribution in [0.1, 0.15) is 18.4 Å². The fourth-order valence-electron chi connectivity index (χ4n) is 4.29. The van der Waals surface area contributed by atoms with E-state index < -0.39 is 0 Å². The van der Waals surface area contributed by atoms with Crippen LogP contribution in [-0.2, 0) is 4.79 Å². The van der Waals surface area contributed by atoms with E-state index in [0.29, 0.717) is 0 Å². The number of rotatable bonds is 4. The van der Waals surface area contributed by atoms with Crippen LogP contribution in [0.15, 0.2) is 78.9 Å². The third-order valence-corrected chi connectivity index (χ3v) is 6.08. The van der Waals surface area contributed by atoms with Crippen molar-refractivity contribution in [3.63, 3.8) is 0 Å². The number of nitrogens with one attached hydrogen (secondary N) is 1. The van der Waals surface area contributed by atoms with Gasteiger partial charge >= 0.3 is 0 Å². The van der Waals surface area contributed by atoms with Gasteiger partial charge in [-0.3, -0.25) is 4.79 Å². The molecule has 160 valence electrons. The number of carbonyl (C=O) groups excluding carboxylic acids is 1. The van der Waals surface area contributed by atoms with Crippen LogP contribution in [0.5, 0.6) is 0 Å². The summed E-state index contributed by atoms with van der Waals surface area (Å²) in [6.45, 7) is 3.62. The fraction of sp³-hybridized carbons (Fsp3) is 0.222. The average Bonchev–Trinajstić information content (AvgIpc) is 2.84. The van der Waals surface area contributed by atoms with Crippen LogP contribution in [0.2, 0.25) is 0 Å². The molecule has 0 saturated carbocycles. The Morgan fingerprint density at radius 1 is 0.906 bits per heavy atom.